The molecule has 0 spiro atoms. The highest BCUT2D eigenvalue weighted by Gasteiger charge is 2.13. The zero-order chi connectivity index (χ0) is 10.5. The number of benzene rings is 1. The summed E-state index contributed by atoms with van der Waals surface area (Å²) in [7, 11) is 0. The van der Waals surface area contributed by atoms with E-state index < -0.39 is 0 Å². The van der Waals surface area contributed by atoms with Crippen LogP contribution < -0.4 is 10.1 Å². The molecule has 1 atom stereocenters. The molecule has 15 heavy (non-hydrogen) atoms. The molecule has 1 aromatic rings. The van der Waals surface area contributed by atoms with Gasteiger partial charge in [-0.2, -0.15) is 5.26 Å². The number of nitrogens with zero attached hydrogens (tertiary/aromatic N) is 1. The summed E-state index contributed by atoms with van der Waals surface area (Å²) in [6.07, 6.45) is 2.54. The highest BCUT2D eigenvalue weighted by Crippen LogP contribution is 2.16. The molecular formula is C12H14N2O. The van der Waals surface area contributed by atoms with Gasteiger partial charge in [0.2, 0.25) is 0 Å². The lowest BCUT2D eigenvalue weighted by atomic mass is 10.1. The number of ether oxygens (including phenoxy) is 1. The molecule has 0 amide bonds. The number of hydrogen-bond acceptors (Lipinski definition) is 3. The Labute approximate surface area is 89.7 Å². The van der Waals surface area contributed by atoms with E-state index in [0.29, 0.717) is 5.56 Å². The average Bonchev–Trinajstić information content (AvgIpc) is 2.31. The monoisotopic (exact) mass is 202 g/mol. The third-order valence-electron chi connectivity index (χ3n) is 2.54. The summed E-state index contributed by atoms with van der Waals surface area (Å²) in [4.78, 5) is 0. The summed E-state index contributed by atoms with van der Waals surface area (Å²) in [5, 5.41) is 11.9. The topological polar surface area (TPSA) is 45.0 Å². The molecule has 78 valence electrons. The molecule has 0 saturated carbocycles. The van der Waals surface area contributed by atoms with Crippen molar-refractivity contribution in [3.8, 4) is 11.8 Å². The summed E-state index contributed by atoms with van der Waals surface area (Å²) < 4.78 is 5.78. The van der Waals surface area contributed by atoms with E-state index in [1.807, 2.05) is 12.1 Å². The maximum absolute atomic E-state index is 8.65. The second-order valence-electron chi connectivity index (χ2n) is 3.72. The lowest BCUT2D eigenvalue weighted by Crippen LogP contribution is -2.37. The van der Waals surface area contributed by atoms with Gasteiger partial charge in [0.1, 0.15) is 11.9 Å². The molecule has 1 aromatic carbocycles. The van der Waals surface area contributed by atoms with Gasteiger partial charge >= 0.3 is 0 Å². The van der Waals surface area contributed by atoms with E-state index in [-0.39, 0.29) is 6.10 Å². The van der Waals surface area contributed by atoms with Gasteiger partial charge in [-0.15, -0.1) is 0 Å². The van der Waals surface area contributed by atoms with Crippen molar-refractivity contribution in [2.24, 2.45) is 0 Å². The highest BCUT2D eigenvalue weighted by molar-refractivity contribution is 5.34. The largest absolute Gasteiger partial charge is 0.489 e. The number of nitriles is 1. The van der Waals surface area contributed by atoms with Crippen LogP contribution in [0.5, 0.6) is 5.75 Å². The first-order chi connectivity index (χ1) is 7.38. The molecule has 0 radical (unpaired) electrons. The van der Waals surface area contributed by atoms with Crippen LogP contribution in [0.2, 0.25) is 0 Å². The molecule has 1 saturated heterocycles. The fourth-order valence-corrected chi connectivity index (χ4v) is 1.72. The van der Waals surface area contributed by atoms with E-state index in [1.54, 1.807) is 12.1 Å². The van der Waals surface area contributed by atoms with Gasteiger partial charge < -0.3 is 10.1 Å². The number of hydrogen-bond donors (Lipinski definition) is 1. The first-order valence-corrected chi connectivity index (χ1v) is 5.26. The lowest BCUT2D eigenvalue weighted by Gasteiger charge is -2.23. The van der Waals surface area contributed by atoms with Crippen LogP contribution in [0, 0.1) is 11.3 Å². The molecular weight excluding hydrogens is 188 g/mol. The van der Waals surface area contributed by atoms with Crippen molar-refractivity contribution in [2.45, 2.75) is 18.9 Å². The number of nitrogens with one attached hydrogen (secondary N) is 1. The molecule has 1 aliphatic rings. The van der Waals surface area contributed by atoms with Crippen LogP contribution in [0.4, 0.5) is 0 Å². The molecule has 3 heteroatoms. The normalized spacial score (nSPS) is 20.6. The van der Waals surface area contributed by atoms with Crippen LogP contribution in [0.25, 0.3) is 0 Å². The Hall–Kier alpha value is -1.53. The van der Waals surface area contributed by atoms with Crippen LogP contribution >= 0.6 is 0 Å². The summed E-state index contributed by atoms with van der Waals surface area (Å²) in [6, 6.07) is 9.37. The minimum atomic E-state index is 0.270. The smallest absolute Gasteiger partial charge is 0.119 e. The molecule has 1 N–H and O–H groups in total. The minimum absolute atomic E-state index is 0.270. The van der Waals surface area contributed by atoms with Crippen LogP contribution in [-0.4, -0.2) is 19.2 Å². The van der Waals surface area contributed by atoms with Gasteiger partial charge in [-0.3, -0.25) is 0 Å². The van der Waals surface area contributed by atoms with E-state index in [2.05, 4.69) is 11.4 Å². The third-order valence-corrected chi connectivity index (χ3v) is 2.54. The fourth-order valence-electron chi connectivity index (χ4n) is 1.72. The standard InChI is InChI=1S/C12H14N2O/c13-8-10-3-5-11(6-4-10)15-12-2-1-7-14-9-12/h3-6,12,14H,1-2,7,9H2/t12-/m0/s1. The Morgan fingerprint density at radius 1 is 1.33 bits per heavy atom. The molecule has 0 aliphatic carbocycles. The quantitative estimate of drug-likeness (QED) is 0.793. The van der Waals surface area contributed by atoms with Gasteiger partial charge in [-0.05, 0) is 43.7 Å². The summed E-state index contributed by atoms with van der Waals surface area (Å²) >= 11 is 0. The zero-order valence-corrected chi connectivity index (χ0v) is 8.57. The third kappa shape index (κ3) is 2.71. The Morgan fingerprint density at radius 3 is 2.73 bits per heavy atom. The van der Waals surface area contributed by atoms with E-state index >= 15 is 0 Å². The number of rotatable bonds is 2. The summed E-state index contributed by atoms with van der Waals surface area (Å²) in [5.41, 5.74) is 0.670. The molecule has 1 fully saturated rings. The van der Waals surface area contributed by atoms with E-state index in [0.717, 1.165) is 25.3 Å². The van der Waals surface area contributed by atoms with Crippen LogP contribution in [0.15, 0.2) is 24.3 Å². The molecule has 0 unspecified atom stereocenters. The predicted octanol–water partition coefficient (Wildman–Crippen LogP) is 1.69. The van der Waals surface area contributed by atoms with Gasteiger partial charge in [-0.1, -0.05) is 0 Å². The van der Waals surface area contributed by atoms with E-state index in [9.17, 15) is 0 Å². The van der Waals surface area contributed by atoms with Crippen LogP contribution in [-0.2, 0) is 0 Å². The van der Waals surface area contributed by atoms with Crippen molar-refractivity contribution in [3.05, 3.63) is 29.8 Å². The van der Waals surface area contributed by atoms with Crippen molar-refractivity contribution >= 4 is 0 Å². The summed E-state index contributed by atoms with van der Waals surface area (Å²) in [5.74, 6) is 0.850. The van der Waals surface area contributed by atoms with Crippen molar-refractivity contribution in [2.75, 3.05) is 13.1 Å². The molecule has 1 heterocycles. The highest BCUT2D eigenvalue weighted by atomic mass is 16.5. The van der Waals surface area contributed by atoms with E-state index in [1.165, 1.54) is 6.42 Å². The molecule has 3 nitrogen and oxygen atoms in total. The zero-order valence-electron chi connectivity index (χ0n) is 8.57. The maximum Gasteiger partial charge on any atom is 0.119 e. The second-order valence-corrected chi connectivity index (χ2v) is 3.72. The summed E-state index contributed by atoms with van der Waals surface area (Å²) in [6.45, 7) is 2.01. The SMILES string of the molecule is N#Cc1ccc(O[C@H]2CCCNC2)cc1. The molecule has 2 rings (SSSR count). The fraction of sp³-hybridized carbons (Fsp3) is 0.417. The first kappa shape index (κ1) is 10.0. The Morgan fingerprint density at radius 2 is 2.13 bits per heavy atom. The Balaban J connectivity index is 1.95. The van der Waals surface area contributed by atoms with Gasteiger partial charge in [0.25, 0.3) is 0 Å². The maximum atomic E-state index is 8.65. The Kier molecular flexibility index (Phi) is 3.21. The van der Waals surface area contributed by atoms with Crippen LogP contribution in [0.3, 0.4) is 0 Å². The van der Waals surface area contributed by atoms with E-state index in [4.69, 9.17) is 10.00 Å². The average molecular weight is 202 g/mol. The second kappa shape index (κ2) is 4.81. The molecule has 1 aliphatic heterocycles. The van der Waals surface area contributed by atoms with Crippen molar-refractivity contribution in [1.82, 2.24) is 5.32 Å². The molecule has 0 bridgehead atoms. The predicted molar refractivity (Wildman–Crippen MR) is 57.7 cm³/mol. The van der Waals surface area contributed by atoms with Crippen molar-refractivity contribution in [3.63, 3.8) is 0 Å². The van der Waals surface area contributed by atoms with Gasteiger partial charge in [0.15, 0.2) is 0 Å². The van der Waals surface area contributed by atoms with Crippen molar-refractivity contribution in [1.29, 1.82) is 5.26 Å². The molecule has 0 aromatic heterocycles. The number of piperidine rings is 1. The van der Waals surface area contributed by atoms with Gasteiger partial charge in [0.05, 0.1) is 11.6 Å². The van der Waals surface area contributed by atoms with Crippen molar-refractivity contribution < 1.29 is 4.74 Å². The lowest BCUT2D eigenvalue weighted by molar-refractivity contribution is 0.167. The van der Waals surface area contributed by atoms with Crippen LogP contribution in [0.1, 0.15) is 18.4 Å². The van der Waals surface area contributed by atoms with Gasteiger partial charge in [-0.25, -0.2) is 0 Å². The van der Waals surface area contributed by atoms with Gasteiger partial charge in [0, 0.05) is 6.54 Å². The first-order valence-electron chi connectivity index (χ1n) is 5.26. The minimum Gasteiger partial charge on any atom is -0.489 e. The Bertz CT molecular complexity index is 347.